The van der Waals surface area contributed by atoms with Gasteiger partial charge in [0.2, 0.25) is 5.91 Å². The van der Waals surface area contributed by atoms with Gasteiger partial charge in [-0.15, -0.1) is 0 Å². The van der Waals surface area contributed by atoms with Crippen LogP contribution in [-0.2, 0) is 11.2 Å². The first-order valence-corrected chi connectivity index (χ1v) is 7.52. The number of halogens is 1. The molecule has 0 unspecified atom stereocenters. The van der Waals surface area contributed by atoms with E-state index in [4.69, 9.17) is 9.94 Å². The highest BCUT2D eigenvalue weighted by molar-refractivity contribution is 5.94. The molecule has 3 rings (SSSR count). The third kappa shape index (κ3) is 3.51. The molecule has 3 N–H and O–H groups in total. The van der Waals surface area contributed by atoms with Gasteiger partial charge in [0, 0.05) is 23.0 Å². The van der Waals surface area contributed by atoms with Crippen LogP contribution in [0.25, 0.3) is 10.9 Å². The predicted octanol–water partition coefficient (Wildman–Crippen LogP) is 3.17. The molecule has 1 heterocycles. The Kier molecular flexibility index (Phi) is 4.76. The molecule has 0 fully saturated rings. The fourth-order valence-electron chi connectivity index (χ4n) is 2.52. The number of hydrogen-bond donors (Lipinski definition) is 3. The van der Waals surface area contributed by atoms with E-state index in [1.807, 2.05) is 0 Å². The number of carbonyl (C=O) groups excluding carboxylic acids is 1. The second kappa shape index (κ2) is 7.14. The first kappa shape index (κ1) is 16.7. The van der Waals surface area contributed by atoms with Gasteiger partial charge in [-0.05, 0) is 35.9 Å². The van der Waals surface area contributed by atoms with E-state index in [1.165, 1.54) is 13.3 Å². The number of pyridine rings is 1. The van der Waals surface area contributed by atoms with E-state index in [0.717, 1.165) is 11.3 Å². The van der Waals surface area contributed by atoms with E-state index in [0.29, 0.717) is 11.1 Å². The second-order valence-electron chi connectivity index (χ2n) is 5.37. The lowest BCUT2D eigenvalue weighted by Crippen LogP contribution is -2.20. The van der Waals surface area contributed by atoms with Crippen molar-refractivity contribution in [1.29, 1.82) is 0 Å². The summed E-state index contributed by atoms with van der Waals surface area (Å²) in [5.74, 6) is -0.845. The lowest BCUT2D eigenvalue weighted by molar-refractivity contribution is -0.128. The summed E-state index contributed by atoms with van der Waals surface area (Å²) in [7, 11) is 1.41. The number of hydroxylamine groups is 1. The minimum absolute atomic E-state index is 0.0833. The van der Waals surface area contributed by atoms with Gasteiger partial charge in [-0.2, -0.15) is 0 Å². The van der Waals surface area contributed by atoms with E-state index in [1.54, 1.807) is 47.9 Å². The fraction of sp³-hybridized carbons (Fsp3) is 0.111. The van der Waals surface area contributed by atoms with Crippen LogP contribution >= 0.6 is 0 Å². The number of benzene rings is 2. The Morgan fingerprint density at radius 2 is 1.96 bits per heavy atom. The average Bonchev–Trinajstić information content (AvgIpc) is 2.64. The van der Waals surface area contributed by atoms with Crippen molar-refractivity contribution in [2.45, 2.75) is 6.42 Å². The normalized spacial score (nSPS) is 10.5. The smallest absolute Gasteiger partial charge is 0.247 e. The van der Waals surface area contributed by atoms with E-state index in [9.17, 15) is 9.18 Å². The molecule has 2 aromatic carbocycles. The number of methoxy groups -OCH3 is 1. The number of nitrogens with one attached hydrogen (secondary N) is 2. The maximum Gasteiger partial charge on any atom is 0.247 e. The van der Waals surface area contributed by atoms with Crippen molar-refractivity contribution in [3.63, 3.8) is 0 Å². The van der Waals surface area contributed by atoms with Gasteiger partial charge in [-0.3, -0.25) is 15.0 Å². The topological polar surface area (TPSA) is 83.5 Å². The number of aromatic nitrogens is 1. The molecule has 25 heavy (non-hydrogen) atoms. The zero-order valence-corrected chi connectivity index (χ0v) is 13.4. The van der Waals surface area contributed by atoms with Gasteiger partial charge in [-0.1, -0.05) is 12.1 Å². The Balaban J connectivity index is 1.88. The summed E-state index contributed by atoms with van der Waals surface area (Å²) in [6.07, 6.45) is 1.60. The number of anilines is 2. The average molecular weight is 341 g/mol. The number of carbonyl (C=O) groups is 1. The van der Waals surface area contributed by atoms with Crippen LogP contribution in [0, 0.1) is 5.82 Å². The van der Waals surface area contributed by atoms with Crippen LogP contribution in [0.4, 0.5) is 15.8 Å². The molecule has 0 saturated heterocycles. The summed E-state index contributed by atoms with van der Waals surface area (Å²) in [5.41, 5.74) is 4.05. The number of fused-ring (bicyclic) bond motifs is 1. The number of hydrogen-bond acceptors (Lipinski definition) is 5. The maximum absolute atomic E-state index is 14.3. The van der Waals surface area contributed by atoms with Crippen molar-refractivity contribution in [3.05, 3.63) is 60.0 Å². The molecule has 7 heteroatoms. The van der Waals surface area contributed by atoms with Crippen LogP contribution in [0.3, 0.4) is 0 Å². The van der Waals surface area contributed by atoms with Gasteiger partial charge >= 0.3 is 0 Å². The van der Waals surface area contributed by atoms with E-state index in [2.05, 4.69) is 10.3 Å². The van der Waals surface area contributed by atoms with Crippen molar-refractivity contribution in [2.24, 2.45) is 0 Å². The molecule has 0 bridgehead atoms. The molecular weight excluding hydrogens is 325 g/mol. The number of ether oxygens (including phenoxy) is 1. The molecule has 0 aliphatic heterocycles. The monoisotopic (exact) mass is 341 g/mol. The molecule has 0 aliphatic rings. The maximum atomic E-state index is 14.3. The van der Waals surface area contributed by atoms with Crippen LogP contribution in [0.5, 0.6) is 5.75 Å². The van der Waals surface area contributed by atoms with Crippen molar-refractivity contribution >= 4 is 28.2 Å². The Bertz CT molecular complexity index is 913. The Hall–Kier alpha value is -3.19. The number of nitrogens with zero attached hydrogens (tertiary/aromatic N) is 1. The van der Waals surface area contributed by atoms with Crippen molar-refractivity contribution in [3.8, 4) is 5.75 Å². The number of amides is 1. The summed E-state index contributed by atoms with van der Waals surface area (Å²) in [4.78, 5) is 15.2. The third-order valence-electron chi connectivity index (χ3n) is 3.76. The molecule has 3 aromatic rings. The molecule has 0 spiro atoms. The van der Waals surface area contributed by atoms with Gasteiger partial charge in [-0.25, -0.2) is 9.87 Å². The largest absolute Gasteiger partial charge is 0.494 e. The van der Waals surface area contributed by atoms with Crippen LogP contribution in [0.1, 0.15) is 5.56 Å². The van der Waals surface area contributed by atoms with Gasteiger partial charge < -0.3 is 10.1 Å². The van der Waals surface area contributed by atoms with Crippen LogP contribution in [0.15, 0.2) is 48.7 Å². The standard InChI is InChI=1S/C18H16FN3O3/c1-25-15-7-6-13-14(8-9-20-18(13)17(15)19)21-12-4-2-11(3-5-12)10-16(23)22-24/h2-9,24H,10H2,1H3,(H,20,21)(H,22,23). The lowest BCUT2D eigenvalue weighted by atomic mass is 10.1. The second-order valence-corrected chi connectivity index (χ2v) is 5.37. The summed E-state index contributed by atoms with van der Waals surface area (Å²) in [5, 5.41) is 12.4. The summed E-state index contributed by atoms with van der Waals surface area (Å²) in [6.45, 7) is 0. The van der Waals surface area contributed by atoms with Crippen molar-refractivity contribution < 1.29 is 19.1 Å². The fourth-order valence-corrected chi connectivity index (χ4v) is 2.52. The van der Waals surface area contributed by atoms with Gasteiger partial charge in [0.1, 0.15) is 5.52 Å². The lowest BCUT2D eigenvalue weighted by Gasteiger charge is -2.11. The molecule has 6 nitrogen and oxygen atoms in total. The van der Waals surface area contributed by atoms with Crippen LogP contribution < -0.4 is 15.5 Å². The van der Waals surface area contributed by atoms with Crippen molar-refractivity contribution in [1.82, 2.24) is 10.5 Å². The third-order valence-corrected chi connectivity index (χ3v) is 3.76. The minimum atomic E-state index is -0.506. The summed E-state index contributed by atoms with van der Waals surface area (Å²) >= 11 is 0. The molecule has 0 aliphatic carbocycles. The Morgan fingerprint density at radius 1 is 1.20 bits per heavy atom. The summed E-state index contributed by atoms with van der Waals surface area (Å²) < 4.78 is 19.3. The van der Waals surface area contributed by atoms with E-state index < -0.39 is 11.7 Å². The zero-order valence-electron chi connectivity index (χ0n) is 13.4. The van der Waals surface area contributed by atoms with Gasteiger partial charge in [0.05, 0.1) is 13.5 Å². The predicted molar refractivity (Wildman–Crippen MR) is 91.6 cm³/mol. The Labute approximate surface area is 143 Å². The summed E-state index contributed by atoms with van der Waals surface area (Å²) in [6, 6.07) is 12.2. The molecule has 0 saturated carbocycles. The highest BCUT2D eigenvalue weighted by Gasteiger charge is 2.11. The van der Waals surface area contributed by atoms with E-state index >= 15 is 0 Å². The number of rotatable bonds is 5. The van der Waals surface area contributed by atoms with Crippen LogP contribution in [0.2, 0.25) is 0 Å². The molecule has 0 radical (unpaired) electrons. The first-order valence-electron chi connectivity index (χ1n) is 7.52. The highest BCUT2D eigenvalue weighted by Crippen LogP contribution is 2.30. The quantitative estimate of drug-likeness (QED) is 0.490. The minimum Gasteiger partial charge on any atom is -0.494 e. The molecular formula is C18H16FN3O3. The van der Waals surface area contributed by atoms with E-state index in [-0.39, 0.29) is 17.7 Å². The molecule has 0 atom stereocenters. The van der Waals surface area contributed by atoms with Crippen LogP contribution in [-0.4, -0.2) is 23.2 Å². The van der Waals surface area contributed by atoms with Gasteiger partial charge in [0.15, 0.2) is 11.6 Å². The zero-order chi connectivity index (χ0) is 17.8. The van der Waals surface area contributed by atoms with Gasteiger partial charge in [0.25, 0.3) is 0 Å². The molecule has 1 aromatic heterocycles. The van der Waals surface area contributed by atoms with Crippen molar-refractivity contribution in [2.75, 3.05) is 12.4 Å². The SMILES string of the molecule is COc1ccc2c(Nc3ccc(CC(=O)NO)cc3)ccnc2c1F. The Morgan fingerprint density at radius 3 is 2.64 bits per heavy atom. The molecule has 1 amide bonds. The molecule has 128 valence electrons. The highest BCUT2D eigenvalue weighted by atomic mass is 19.1. The first-order chi connectivity index (χ1) is 12.1.